The number of para-hydroxylation sites is 2. The lowest BCUT2D eigenvalue weighted by molar-refractivity contribution is -0.604. The Morgan fingerprint density at radius 1 is 0.900 bits per heavy atom. The second kappa shape index (κ2) is 8.92. The van der Waals surface area contributed by atoms with Gasteiger partial charge in [0.15, 0.2) is 17.1 Å². The average molecular weight is 465 g/mol. The summed E-state index contributed by atoms with van der Waals surface area (Å²) in [4.78, 5) is 0. The molecule has 154 valence electrons. The maximum atomic E-state index is 5.65. The molecule has 0 aliphatic carbocycles. The molecular formula is C25H25BrN2O2. The summed E-state index contributed by atoms with van der Waals surface area (Å²) in [6.07, 6.45) is 8.75. The van der Waals surface area contributed by atoms with E-state index in [2.05, 4.69) is 51.7 Å². The second-order valence-electron chi connectivity index (χ2n) is 7.49. The summed E-state index contributed by atoms with van der Waals surface area (Å²) in [5.74, 6) is 3.14. The van der Waals surface area contributed by atoms with E-state index < -0.39 is 0 Å². The SMILES string of the molecule is COc1ccccc1-[n+]1cc(-c2ccc(-c3ccco3)cc2)n2c1CCCCC2.[Br-]. The lowest BCUT2D eigenvalue weighted by Crippen LogP contribution is -3.00. The Balaban J connectivity index is 0.00000218. The van der Waals surface area contributed by atoms with E-state index in [1.807, 2.05) is 24.3 Å². The molecule has 0 fully saturated rings. The molecule has 5 rings (SSSR count). The number of furan rings is 1. The lowest BCUT2D eigenvalue weighted by Gasteiger charge is -2.06. The third-order valence-corrected chi connectivity index (χ3v) is 5.75. The Morgan fingerprint density at radius 3 is 2.47 bits per heavy atom. The van der Waals surface area contributed by atoms with Crippen LogP contribution in [0.2, 0.25) is 0 Å². The van der Waals surface area contributed by atoms with E-state index >= 15 is 0 Å². The number of halogens is 1. The largest absolute Gasteiger partial charge is 1.00 e. The number of aromatic nitrogens is 2. The highest BCUT2D eigenvalue weighted by Gasteiger charge is 2.28. The fourth-order valence-corrected chi connectivity index (χ4v) is 4.29. The van der Waals surface area contributed by atoms with Gasteiger partial charge in [0.25, 0.3) is 5.82 Å². The number of rotatable bonds is 4. The normalized spacial score (nSPS) is 13.2. The number of hydrogen-bond acceptors (Lipinski definition) is 2. The Bertz CT molecular complexity index is 1110. The Morgan fingerprint density at radius 2 is 1.70 bits per heavy atom. The van der Waals surface area contributed by atoms with Crippen LogP contribution in [0.15, 0.2) is 77.5 Å². The molecule has 0 bridgehead atoms. The molecule has 0 amide bonds. The molecule has 0 saturated heterocycles. The van der Waals surface area contributed by atoms with Crippen molar-refractivity contribution in [2.24, 2.45) is 0 Å². The number of hydrogen-bond donors (Lipinski definition) is 0. The van der Waals surface area contributed by atoms with Crippen molar-refractivity contribution >= 4 is 0 Å². The third-order valence-electron chi connectivity index (χ3n) is 5.75. The fraction of sp³-hybridized carbons (Fsp3) is 0.240. The van der Waals surface area contributed by atoms with Crippen LogP contribution in [0.25, 0.3) is 28.3 Å². The molecule has 0 atom stereocenters. The van der Waals surface area contributed by atoms with Crippen molar-refractivity contribution < 1.29 is 30.7 Å². The molecule has 0 N–H and O–H groups in total. The minimum Gasteiger partial charge on any atom is -1.00 e. The van der Waals surface area contributed by atoms with Crippen LogP contribution in [0, 0.1) is 0 Å². The zero-order valence-corrected chi connectivity index (χ0v) is 18.6. The van der Waals surface area contributed by atoms with Crippen molar-refractivity contribution in [1.29, 1.82) is 0 Å². The maximum absolute atomic E-state index is 5.65. The van der Waals surface area contributed by atoms with Crippen LogP contribution in [0.5, 0.6) is 5.75 Å². The van der Waals surface area contributed by atoms with Crippen LogP contribution in [-0.2, 0) is 13.0 Å². The van der Waals surface area contributed by atoms with Crippen LogP contribution in [0.1, 0.15) is 25.1 Å². The predicted molar refractivity (Wildman–Crippen MR) is 113 cm³/mol. The van der Waals surface area contributed by atoms with Crippen molar-refractivity contribution in [3.05, 3.63) is 78.9 Å². The first-order valence-corrected chi connectivity index (χ1v) is 10.3. The monoisotopic (exact) mass is 464 g/mol. The number of methoxy groups -OCH3 is 1. The van der Waals surface area contributed by atoms with Gasteiger partial charge in [-0.1, -0.05) is 24.3 Å². The van der Waals surface area contributed by atoms with Crippen LogP contribution < -0.4 is 26.3 Å². The summed E-state index contributed by atoms with van der Waals surface area (Å²) < 4.78 is 16.0. The summed E-state index contributed by atoms with van der Waals surface area (Å²) in [5.41, 5.74) is 4.66. The second-order valence-corrected chi connectivity index (χ2v) is 7.49. The number of nitrogens with zero attached hydrogens (tertiary/aromatic N) is 2. The lowest BCUT2D eigenvalue weighted by atomic mass is 10.1. The number of imidazole rings is 1. The van der Waals surface area contributed by atoms with E-state index in [4.69, 9.17) is 9.15 Å². The topological polar surface area (TPSA) is 31.2 Å². The smallest absolute Gasteiger partial charge is 0.262 e. The number of benzene rings is 2. The number of fused-ring (bicyclic) bond motifs is 1. The highest BCUT2D eigenvalue weighted by molar-refractivity contribution is 5.66. The van der Waals surface area contributed by atoms with Gasteiger partial charge in [-0.15, -0.1) is 0 Å². The molecule has 5 heteroatoms. The van der Waals surface area contributed by atoms with Gasteiger partial charge in [0.2, 0.25) is 0 Å². The van der Waals surface area contributed by atoms with Crippen molar-refractivity contribution in [2.45, 2.75) is 32.2 Å². The van der Waals surface area contributed by atoms with Crippen LogP contribution in [-0.4, -0.2) is 11.7 Å². The van der Waals surface area contributed by atoms with E-state index in [0.717, 1.165) is 35.7 Å². The minimum absolute atomic E-state index is 0. The fourth-order valence-electron chi connectivity index (χ4n) is 4.29. The zero-order valence-electron chi connectivity index (χ0n) is 17.1. The van der Waals surface area contributed by atoms with Crippen molar-refractivity contribution in [3.8, 4) is 34.0 Å². The van der Waals surface area contributed by atoms with E-state index in [0.29, 0.717) is 0 Å². The first kappa shape index (κ1) is 20.5. The van der Waals surface area contributed by atoms with Crippen LogP contribution >= 0.6 is 0 Å². The van der Waals surface area contributed by atoms with Gasteiger partial charge in [-0.25, -0.2) is 4.57 Å². The predicted octanol–water partition coefficient (Wildman–Crippen LogP) is 2.43. The molecule has 2 aromatic heterocycles. The van der Waals surface area contributed by atoms with Crippen molar-refractivity contribution in [2.75, 3.05) is 7.11 Å². The third kappa shape index (κ3) is 3.70. The number of ether oxygens (including phenoxy) is 1. The molecule has 3 heterocycles. The molecule has 0 spiro atoms. The zero-order chi connectivity index (χ0) is 19.6. The molecule has 2 aromatic carbocycles. The molecular weight excluding hydrogens is 440 g/mol. The van der Waals surface area contributed by atoms with Gasteiger partial charge in [-0.3, -0.25) is 0 Å². The summed E-state index contributed by atoms with van der Waals surface area (Å²) in [6.45, 7) is 1.05. The highest BCUT2D eigenvalue weighted by atomic mass is 79.9. The minimum atomic E-state index is 0. The Hall–Kier alpha value is -2.79. The van der Waals surface area contributed by atoms with Gasteiger partial charge < -0.3 is 26.1 Å². The first-order valence-electron chi connectivity index (χ1n) is 10.3. The summed E-state index contributed by atoms with van der Waals surface area (Å²) in [5, 5.41) is 0. The van der Waals surface area contributed by atoms with Gasteiger partial charge in [-0.05, 0) is 55.7 Å². The van der Waals surface area contributed by atoms with Gasteiger partial charge in [0.05, 0.1) is 19.9 Å². The average Bonchev–Trinajstić information content (AvgIpc) is 3.37. The standard InChI is InChI=1S/C25H25N2O2.BrH/c1-28-24-9-5-4-8-21(24)27-18-22(26-16-6-2-3-11-25(26)27)19-12-14-20(15-13-19)23-10-7-17-29-23;/h4-5,7-10,12-15,17-18H,2-3,6,11,16H2,1H3;1H/q+1;/p-1. The molecule has 1 aliphatic rings. The van der Waals surface area contributed by atoms with Gasteiger partial charge in [0, 0.05) is 17.5 Å². The summed E-state index contributed by atoms with van der Waals surface area (Å²) >= 11 is 0. The first-order chi connectivity index (χ1) is 14.3. The molecule has 0 saturated carbocycles. The molecule has 0 radical (unpaired) electrons. The molecule has 0 unspecified atom stereocenters. The van der Waals surface area contributed by atoms with Crippen LogP contribution in [0.3, 0.4) is 0 Å². The quantitative estimate of drug-likeness (QED) is 0.434. The molecule has 4 nitrogen and oxygen atoms in total. The molecule has 4 aromatic rings. The van der Waals surface area contributed by atoms with E-state index in [1.54, 1.807) is 13.4 Å². The van der Waals surface area contributed by atoms with Crippen molar-refractivity contribution in [3.63, 3.8) is 0 Å². The molecule has 1 aliphatic heterocycles. The highest BCUT2D eigenvalue weighted by Crippen LogP contribution is 2.29. The Labute approximate surface area is 187 Å². The maximum Gasteiger partial charge on any atom is 0.262 e. The van der Waals surface area contributed by atoms with Crippen LogP contribution in [0.4, 0.5) is 0 Å². The van der Waals surface area contributed by atoms with Gasteiger partial charge >= 0.3 is 0 Å². The van der Waals surface area contributed by atoms with E-state index in [9.17, 15) is 0 Å². The molecule has 30 heavy (non-hydrogen) atoms. The van der Waals surface area contributed by atoms with E-state index in [1.165, 1.54) is 36.3 Å². The Kier molecular flexibility index (Phi) is 6.09. The van der Waals surface area contributed by atoms with Gasteiger partial charge in [0.1, 0.15) is 12.0 Å². The summed E-state index contributed by atoms with van der Waals surface area (Å²) in [6, 6.07) is 20.8. The summed E-state index contributed by atoms with van der Waals surface area (Å²) in [7, 11) is 1.74. The van der Waals surface area contributed by atoms with E-state index in [-0.39, 0.29) is 17.0 Å². The van der Waals surface area contributed by atoms with Crippen molar-refractivity contribution in [1.82, 2.24) is 4.57 Å². The van der Waals surface area contributed by atoms with Gasteiger partial charge in [-0.2, -0.15) is 4.57 Å².